The van der Waals surface area contributed by atoms with Crippen molar-refractivity contribution in [3.63, 3.8) is 0 Å². The summed E-state index contributed by atoms with van der Waals surface area (Å²) in [5.74, 6) is -1.06. The summed E-state index contributed by atoms with van der Waals surface area (Å²) >= 11 is 0. The molecular formula is C17H25FN2O2. The molecule has 0 atom stereocenters. The minimum absolute atomic E-state index is 0.204. The number of hydrogen-bond acceptors (Lipinski definition) is 2. The van der Waals surface area contributed by atoms with Gasteiger partial charge in [0.05, 0.1) is 0 Å². The highest BCUT2D eigenvalue weighted by atomic mass is 19.1. The Morgan fingerprint density at radius 2 is 1.77 bits per heavy atom. The van der Waals surface area contributed by atoms with E-state index in [0.717, 1.165) is 12.8 Å². The summed E-state index contributed by atoms with van der Waals surface area (Å²) in [7, 11) is 0. The van der Waals surface area contributed by atoms with E-state index in [1.807, 2.05) is 13.8 Å². The lowest BCUT2D eigenvalue weighted by Gasteiger charge is -2.30. The van der Waals surface area contributed by atoms with Crippen molar-refractivity contribution in [3.05, 3.63) is 30.1 Å². The smallest absolute Gasteiger partial charge is 0.239 e. The second-order valence-electron chi connectivity index (χ2n) is 5.88. The largest absolute Gasteiger partial charge is 0.342 e. The molecule has 0 aliphatic rings. The number of nitrogens with zero attached hydrogens (tertiary/aromatic N) is 1. The van der Waals surface area contributed by atoms with E-state index < -0.39 is 17.1 Å². The maximum absolute atomic E-state index is 13.2. The van der Waals surface area contributed by atoms with Crippen LogP contribution in [0.15, 0.2) is 24.3 Å². The molecule has 1 aromatic rings. The molecule has 2 amide bonds. The predicted molar refractivity (Wildman–Crippen MR) is 86.0 cm³/mol. The lowest BCUT2D eigenvalue weighted by atomic mass is 9.90. The van der Waals surface area contributed by atoms with Crippen LogP contribution in [0.4, 0.5) is 10.1 Å². The third kappa shape index (κ3) is 4.55. The van der Waals surface area contributed by atoms with E-state index in [9.17, 15) is 14.0 Å². The van der Waals surface area contributed by atoms with Gasteiger partial charge in [-0.05, 0) is 44.9 Å². The van der Waals surface area contributed by atoms with Crippen LogP contribution in [0.5, 0.6) is 0 Å². The fourth-order valence-electron chi connectivity index (χ4n) is 2.20. The van der Waals surface area contributed by atoms with Gasteiger partial charge in [0.2, 0.25) is 11.8 Å². The van der Waals surface area contributed by atoms with Crippen molar-refractivity contribution in [2.24, 2.45) is 5.41 Å². The van der Waals surface area contributed by atoms with Crippen LogP contribution in [-0.4, -0.2) is 29.8 Å². The quantitative estimate of drug-likeness (QED) is 0.784. The van der Waals surface area contributed by atoms with Crippen molar-refractivity contribution in [3.8, 4) is 0 Å². The second kappa shape index (κ2) is 7.92. The van der Waals surface area contributed by atoms with Gasteiger partial charge in [-0.1, -0.05) is 19.9 Å². The van der Waals surface area contributed by atoms with Crippen LogP contribution in [0.3, 0.4) is 0 Å². The molecule has 0 saturated heterocycles. The SMILES string of the molecule is CCCN(CCC)C(=O)C(C)(C)C(=O)Nc1cccc(F)c1. The van der Waals surface area contributed by atoms with E-state index in [0.29, 0.717) is 18.8 Å². The van der Waals surface area contributed by atoms with Crippen LogP contribution in [0.2, 0.25) is 0 Å². The molecule has 22 heavy (non-hydrogen) atoms. The number of anilines is 1. The first kappa shape index (κ1) is 18.1. The molecule has 1 aromatic carbocycles. The van der Waals surface area contributed by atoms with Gasteiger partial charge in [-0.15, -0.1) is 0 Å². The lowest BCUT2D eigenvalue weighted by Crippen LogP contribution is -2.47. The maximum atomic E-state index is 13.2. The summed E-state index contributed by atoms with van der Waals surface area (Å²) in [6.45, 7) is 8.45. The molecule has 1 N–H and O–H groups in total. The minimum Gasteiger partial charge on any atom is -0.342 e. The average Bonchev–Trinajstić information content (AvgIpc) is 2.46. The molecule has 0 spiro atoms. The summed E-state index contributed by atoms with van der Waals surface area (Å²) in [4.78, 5) is 26.8. The molecule has 122 valence electrons. The summed E-state index contributed by atoms with van der Waals surface area (Å²) < 4.78 is 13.2. The number of hydrogen-bond donors (Lipinski definition) is 1. The Morgan fingerprint density at radius 1 is 1.18 bits per heavy atom. The van der Waals surface area contributed by atoms with Crippen LogP contribution in [-0.2, 0) is 9.59 Å². The maximum Gasteiger partial charge on any atom is 0.239 e. The normalized spacial score (nSPS) is 11.1. The van der Waals surface area contributed by atoms with Gasteiger partial charge >= 0.3 is 0 Å². The molecule has 0 fully saturated rings. The predicted octanol–water partition coefficient (Wildman–Crippen LogP) is 3.44. The zero-order chi connectivity index (χ0) is 16.8. The van der Waals surface area contributed by atoms with Crippen LogP contribution in [0.25, 0.3) is 0 Å². The van der Waals surface area contributed by atoms with Crippen molar-refractivity contribution < 1.29 is 14.0 Å². The average molecular weight is 308 g/mol. The Kier molecular flexibility index (Phi) is 6.53. The van der Waals surface area contributed by atoms with Gasteiger partial charge in [0.25, 0.3) is 0 Å². The van der Waals surface area contributed by atoms with E-state index in [2.05, 4.69) is 5.32 Å². The number of nitrogens with one attached hydrogen (secondary N) is 1. The third-order valence-electron chi connectivity index (χ3n) is 3.46. The Balaban J connectivity index is 2.86. The van der Waals surface area contributed by atoms with Gasteiger partial charge in [-0.3, -0.25) is 9.59 Å². The molecule has 0 aliphatic carbocycles. The molecular weight excluding hydrogens is 283 g/mol. The number of halogens is 1. The fraction of sp³-hybridized carbons (Fsp3) is 0.529. The lowest BCUT2D eigenvalue weighted by molar-refractivity contribution is -0.146. The van der Waals surface area contributed by atoms with Crippen molar-refractivity contribution in [2.75, 3.05) is 18.4 Å². The first-order valence-corrected chi connectivity index (χ1v) is 7.69. The van der Waals surface area contributed by atoms with Crippen LogP contribution in [0.1, 0.15) is 40.5 Å². The van der Waals surface area contributed by atoms with E-state index in [4.69, 9.17) is 0 Å². The Bertz CT molecular complexity index is 523. The number of rotatable bonds is 7. The summed E-state index contributed by atoms with van der Waals surface area (Å²) in [5.41, 5.74) is -0.847. The van der Waals surface area contributed by atoms with Gasteiger partial charge in [-0.2, -0.15) is 0 Å². The number of carbonyl (C=O) groups is 2. The fourth-order valence-corrected chi connectivity index (χ4v) is 2.20. The molecule has 5 heteroatoms. The molecule has 0 aromatic heterocycles. The first-order valence-electron chi connectivity index (χ1n) is 7.69. The topological polar surface area (TPSA) is 49.4 Å². The Hall–Kier alpha value is -1.91. The second-order valence-corrected chi connectivity index (χ2v) is 5.88. The highest BCUT2D eigenvalue weighted by Crippen LogP contribution is 2.22. The van der Waals surface area contributed by atoms with Gasteiger partial charge in [0, 0.05) is 18.8 Å². The Labute approximate surface area is 131 Å². The third-order valence-corrected chi connectivity index (χ3v) is 3.46. The number of carbonyl (C=O) groups excluding carboxylic acids is 2. The molecule has 0 heterocycles. The number of amides is 2. The van der Waals surface area contributed by atoms with Crippen LogP contribution >= 0.6 is 0 Å². The van der Waals surface area contributed by atoms with Gasteiger partial charge in [0.15, 0.2) is 0 Å². The van der Waals surface area contributed by atoms with E-state index in [-0.39, 0.29) is 5.91 Å². The standard InChI is InChI=1S/C17H25FN2O2/c1-5-10-20(11-6-2)16(22)17(3,4)15(21)19-14-9-7-8-13(18)12-14/h7-9,12H,5-6,10-11H2,1-4H3,(H,19,21). The Morgan fingerprint density at radius 3 is 2.27 bits per heavy atom. The zero-order valence-electron chi connectivity index (χ0n) is 13.8. The van der Waals surface area contributed by atoms with E-state index in [1.165, 1.54) is 18.2 Å². The molecule has 0 unspecified atom stereocenters. The highest BCUT2D eigenvalue weighted by molar-refractivity contribution is 6.09. The van der Waals surface area contributed by atoms with Gasteiger partial charge in [0.1, 0.15) is 11.2 Å². The zero-order valence-corrected chi connectivity index (χ0v) is 13.8. The van der Waals surface area contributed by atoms with Gasteiger partial charge in [-0.25, -0.2) is 4.39 Å². The van der Waals surface area contributed by atoms with E-state index >= 15 is 0 Å². The summed E-state index contributed by atoms with van der Waals surface area (Å²) in [6.07, 6.45) is 1.68. The van der Waals surface area contributed by atoms with Crippen LogP contribution in [0, 0.1) is 11.2 Å². The molecule has 4 nitrogen and oxygen atoms in total. The summed E-state index contributed by atoms with van der Waals surface area (Å²) in [6, 6.07) is 5.64. The first-order chi connectivity index (χ1) is 10.3. The van der Waals surface area contributed by atoms with Crippen molar-refractivity contribution >= 4 is 17.5 Å². The van der Waals surface area contributed by atoms with E-state index in [1.54, 1.807) is 24.8 Å². The van der Waals surface area contributed by atoms with Crippen molar-refractivity contribution in [1.29, 1.82) is 0 Å². The van der Waals surface area contributed by atoms with Crippen molar-refractivity contribution in [2.45, 2.75) is 40.5 Å². The van der Waals surface area contributed by atoms with Crippen molar-refractivity contribution in [1.82, 2.24) is 4.90 Å². The monoisotopic (exact) mass is 308 g/mol. The number of benzene rings is 1. The summed E-state index contributed by atoms with van der Waals surface area (Å²) in [5, 5.41) is 2.62. The molecule has 0 aliphatic heterocycles. The molecule has 1 rings (SSSR count). The highest BCUT2D eigenvalue weighted by Gasteiger charge is 2.38. The van der Waals surface area contributed by atoms with Crippen LogP contribution < -0.4 is 5.32 Å². The molecule has 0 saturated carbocycles. The molecule has 0 radical (unpaired) electrons. The minimum atomic E-state index is -1.20. The molecule has 0 bridgehead atoms. The van der Waals surface area contributed by atoms with Gasteiger partial charge < -0.3 is 10.2 Å².